The van der Waals surface area contributed by atoms with Crippen molar-refractivity contribution in [2.24, 2.45) is 0 Å². The minimum absolute atomic E-state index is 0.504. The molecule has 20 heavy (non-hydrogen) atoms. The van der Waals surface area contributed by atoms with E-state index in [4.69, 9.17) is 25.7 Å². The van der Waals surface area contributed by atoms with Gasteiger partial charge in [-0.1, -0.05) is 0 Å². The highest BCUT2D eigenvalue weighted by molar-refractivity contribution is 5.83. The van der Waals surface area contributed by atoms with Crippen LogP contribution in [0.5, 0.6) is 17.2 Å². The minimum Gasteiger partial charge on any atom is -0.496 e. The SMILES string of the molecule is COc1cc(N)ccc1-c1ccc(N)c(OC)c1OC. The molecule has 0 amide bonds. The van der Waals surface area contributed by atoms with Crippen LogP contribution in [0, 0.1) is 0 Å². The first-order valence-electron chi connectivity index (χ1n) is 6.06. The molecule has 4 N–H and O–H groups in total. The molecule has 106 valence electrons. The molecule has 0 aliphatic carbocycles. The van der Waals surface area contributed by atoms with Gasteiger partial charge in [0.2, 0.25) is 0 Å². The third kappa shape index (κ3) is 2.30. The van der Waals surface area contributed by atoms with E-state index in [0.717, 1.165) is 11.1 Å². The summed E-state index contributed by atoms with van der Waals surface area (Å²) in [5.41, 5.74) is 14.5. The first-order valence-corrected chi connectivity index (χ1v) is 6.06. The Morgan fingerprint density at radius 2 is 1.40 bits per heavy atom. The minimum atomic E-state index is 0.504. The predicted octanol–water partition coefficient (Wildman–Crippen LogP) is 2.54. The summed E-state index contributed by atoms with van der Waals surface area (Å²) in [5.74, 6) is 1.73. The number of ether oxygens (including phenoxy) is 3. The fourth-order valence-electron chi connectivity index (χ4n) is 2.13. The first kappa shape index (κ1) is 13.9. The molecule has 0 atom stereocenters. The van der Waals surface area contributed by atoms with Crippen molar-refractivity contribution in [3.8, 4) is 28.4 Å². The highest BCUT2D eigenvalue weighted by atomic mass is 16.5. The number of hydrogen-bond donors (Lipinski definition) is 2. The molecule has 2 rings (SSSR count). The fraction of sp³-hybridized carbons (Fsp3) is 0.200. The molecule has 0 heterocycles. The monoisotopic (exact) mass is 274 g/mol. The van der Waals surface area contributed by atoms with Crippen molar-refractivity contribution in [1.82, 2.24) is 0 Å². The molecule has 0 bridgehead atoms. The van der Waals surface area contributed by atoms with E-state index in [0.29, 0.717) is 28.6 Å². The van der Waals surface area contributed by atoms with Gasteiger partial charge in [0.15, 0.2) is 11.5 Å². The molecular formula is C15H18N2O3. The van der Waals surface area contributed by atoms with E-state index < -0.39 is 0 Å². The van der Waals surface area contributed by atoms with Gasteiger partial charge in [0, 0.05) is 22.9 Å². The van der Waals surface area contributed by atoms with Crippen LogP contribution >= 0.6 is 0 Å². The smallest absolute Gasteiger partial charge is 0.184 e. The van der Waals surface area contributed by atoms with Gasteiger partial charge >= 0.3 is 0 Å². The number of benzene rings is 2. The maximum absolute atomic E-state index is 5.89. The molecule has 0 aromatic heterocycles. The molecule has 2 aromatic carbocycles. The Hall–Kier alpha value is -2.56. The number of hydrogen-bond acceptors (Lipinski definition) is 5. The molecule has 0 unspecified atom stereocenters. The highest BCUT2D eigenvalue weighted by Gasteiger charge is 2.17. The summed E-state index contributed by atoms with van der Waals surface area (Å²) in [7, 11) is 4.72. The number of methoxy groups -OCH3 is 3. The predicted molar refractivity (Wildman–Crippen MR) is 80.4 cm³/mol. The average Bonchev–Trinajstić information content (AvgIpc) is 2.46. The van der Waals surface area contributed by atoms with Crippen LogP contribution in [0.1, 0.15) is 0 Å². The zero-order chi connectivity index (χ0) is 14.7. The normalized spacial score (nSPS) is 10.2. The third-order valence-corrected chi connectivity index (χ3v) is 3.07. The van der Waals surface area contributed by atoms with Gasteiger partial charge in [-0.05, 0) is 24.3 Å². The summed E-state index contributed by atoms with van der Waals surface area (Å²) < 4.78 is 16.1. The van der Waals surface area contributed by atoms with Crippen LogP contribution in [0.2, 0.25) is 0 Å². The van der Waals surface area contributed by atoms with E-state index in [1.165, 1.54) is 0 Å². The van der Waals surface area contributed by atoms with E-state index in [2.05, 4.69) is 0 Å². The third-order valence-electron chi connectivity index (χ3n) is 3.07. The zero-order valence-electron chi connectivity index (χ0n) is 11.8. The molecule has 0 fully saturated rings. The summed E-state index contributed by atoms with van der Waals surface area (Å²) in [6, 6.07) is 9.08. The maximum atomic E-state index is 5.89. The lowest BCUT2D eigenvalue weighted by molar-refractivity contribution is 0.357. The molecule has 2 aromatic rings. The Kier molecular flexibility index (Phi) is 3.89. The average molecular weight is 274 g/mol. The zero-order valence-corrected chi connectivity index (χ0v) is 11.8. The Morgan fingerprint density at radius 3 is 2.00 bits per heavy atom. The Bertz CT molecular complexity index is 627. The van der Waals surface area contributed by atoms with Gasteiger partial charge in [-0.2, -0.15) is 0 Å². The lowest BCUT2D eigenvalue weighted by atomic mass is 10.0. The van der Waals surface area contributed by atoms with Crippen molar-refractivity contribution in [3.63, 3.8) is 0 Å². The molecule has 5 heteroatoms. The molecular weight excluding hydrogens is 256 g/mol. The molecule has 0 saturated heterocycles. The molecule has 0 radical (unpaired) electrons. The largest absolute Gasteiger partial charge is 0.496 e. The van der Waals surface area contributed by atoms with Gasteiger partial charge in [0.1, 0.15) is 5.75 Å². The fourth-order valence-corrected chi connectivity index (χ4v) is 2.13. The van der Waals surface area contributed by atoms with Gasteiger partial charge in [-0.3, -0.25) is 0 Å². The van der Waals surface area contributed by atoms with Crippen LogP contribution in [-0.2, 0) is 0 Å². The van der Waals surface area contributed by atoms with Crippen LogP contribution in [0.3, 0.4) is 0 Å². The Morgan fingerprint density at radius 1 is 0.750 bits per heavy atom. The van der Waals surface area contributed by atoms with E-state index in [9.17, 15) is 0 Å². The molecule has 0 aliphatic rings. The van der Waals surface area contributed by atoms with Gasteiger partial charge < -0.3 is 25.7 Å². The molecule has 5 nitrogen and oxygen atoms in total. The van der Waals surface area contributed by atoms with Crippen LogP contribution in [0.4, 0.5) is 11.4 Å². The van der Waals surface area contributed by atoms with E-state index in [-0.39, 0.29) is 0 Å². The van der Waals surface area contributed by atoms with Crippen LogP contribution in [0.25, 0.3) is 11.1 Å². The van der Waals surface area contributed by atoms with Gasteiger partial charge in [-0.25, -0.2) is 0 Å². The Balaban J connectivity index is 2.70. The highest BCUT2D eigenvalue weighted by Crippen LogP contribution is 2.44. The van der Waals surface area contributed by atoms with E-state index in [1.807, 2.05) is 12.1 Å². The standard InChI is InChI=1S/C15H18N2O3/c1-18-13-8-9(16)4-5-10(13)11-6-7-12(17)15(20-3)14(11)19-2/h4-8H,16-17H2,1-3H3. The molecule has 0 saturated carbocycles. The van der Waals surface area contributed by atoms with Crippen LogP contribution in [-0.4, -0.2) is 21.3 Å². The lowest BCUT2D eigenvalue weighted by Gasteiger charge is -2.16. The van der Waals surface area contributed by atoms with Crippen LogP contribution < -0.4 is 25.7 Å². The van der Waals surface area contributed by atoms with Crippen molar-refractivity contribution >= 4 is 11.4 Å². The summed E-state index contributed by atoms with van der Waals surface area (Å²) >= 11 is 0. The quantitative estimate of drug-likeness (QED) is 0.837. The van der Waals surface area contributed by atoms with Crippen LogP contribution in [0.15, 0.2) is 30.3 Å². The second-order valence-corrected chi connectivity index (χ2v) is 4.23. The summed E-state index contributed by atoms with van der Waals surface area (Å²) in [4.78, 5) is 0. The van der Waals surface area contributed by atoms with Gasteiger partial charge in [0.25, 0.3) is 0 Å². The van der Waals surface area contributed by atoms with Crippen molar-refractivity contribution < 1.29 is 14.2 Å². The van der Waals surface area contributed by atoms with Crippen molar-refractivity contribution in [1.29, 1.82) is 0 Å². The molecule has 0 aliphatic heterocycles. The summed E-state index contributed by atoms with van der Waals surface area (Å²) in [5, 5.41) is 0. The molecule has 0 spiro atoms. The summed E-state index contributed by atoms with van der Waals surface area (Å²) in [6.45, 7) is 0. The van der Waals surface area contributed by atoms with Crippen molar-refractivity contribution in [2.45, 2.75) is 0 Å². The number of rotatable bonds is 4. The topological polar surface area (TPSA) is 79.7 Å². The number of nitrogens with two attached hydrogens (primary N) is 2. The van der Waals surface area contributed by atoms with Crippen molar-refractivity contribution in [2.75, 3.05) is 32.8 Å². The second kappa shape index (κ2) is 5.61. The Labute approximate surface area is 118 Å². The second-order valence-electron chi connectivity index (χ2n) is 4.23. The van der Waals surface area contributed by atoms with E-state index >= 15 is 0 Å². The number of anilines is 2. The number of nitrogen functional groups attached to an aromatic ring is 2. The first-order chi connectivity index (χ1) is 9.62. The van der Waals surface area contributed by atoms with Crippen molar-refractivity contribution in [3.05, 3.63) is 30.3 Å². The maximum Gasteiger partial charge on any atom is 0.184 e. The lowest BCUT2D eigenvalue weighted by Crippen LogP contribution is -1.99. The summed E-state index contributed by atoms with van der Waals surface area (Å²) in [6.07, 6.45) is 0. The van der Waals surface area contributed by atoms with Gasteiger partial charge in [-0.15, -0.1) is 0 Å². The van der Waals surface area contributed by atoms with Gasteiger partial charge in [0.05, 0.1) is 27.0 Å². The van der Waals surface area contributed by atoms with E-state index in [1.54, 1.807) is 39.5 Å².